The fourth-order valence-electron chi connectivity index (χ4n) is 3.26. The lowest BCUT2D eigenvalue weighted by atomic mass is 9.78. The van der Waals surface area contributed by atoms with Crippen LogP contribution in [0.5, 0.6) is 0 Å². The van der Waals surface area contributed by atoms with Crippen LogP contribution in [0.1, 0.15) is 34.1 Å². The fraction of sp³-hybridized carbons (Fsp3) is 0.556. The molecule has 2 saturated heterocycles. The predicted molar refractivity (Wildman–Crippen MR) is 98.8 cm³/mol. The molecule has 0 radical (unpaired) electrons. The second-order valence-electron chi connectivity index (χ2n) is 8.07. The molecule has 0 unspecified atom stereocenters. The molecule has 0 bridgehead atoms. The van der Waals surface area contributed by atoms with Gasteiger partial charge in [-0.25, -0.2) is 13.6 Å². The van der Waals surface area contributed by atoms with Gasteiger partial charge in [0.1, 0.15) is 18.0 Å². The van der Waals surface area contributed by atoms with Crippen LogP contribution in [0.25, 0.3) is 0 Å². The van der Waals surface area contributed by atoms with Gasteiger partial charge in [-0.1, -0.05) is 12.1 Å². The molecule has 2 aliphatic heterocycles. The fourth-order valence-corrected chi connectivity index (χ4v) is 3.26. The third-order valence-corrected chi connectivity index (χ3v) is 5.59. The summed E-state index contributed by atoms with van der Waals surface area (Å²) in [6, 6.07) is 3.15. The van der Waals surface area contributed by atoms with Gasteiger partial charge in [0.2, 0.25) is 5.91 Å². The number of anilines is 1. The maximum atomic E-state index is 15.0. The molecule has 3 rings (SSSR count). The molecule has 0 saturated carbocycles. The van der Waals surface area contributed by atoms with Gasteiger partial charge in [-0.15, -0.1) is 0 Å². The number of carboxylic acid groups (broad SMARTS) is 1. The van der Waals surface area contributed by atoms with Crippen LogP contribution < -0.4 is 10.8 Å². The van der Waals surface area contributed by atoms with E-state index < -0.39 is 48.4 Å². The molecule has 0 spiro atoms. The van der Waals surface area contributed by atoms with E-state index in [2.05, 4.69) is 5.32 Å². The number of nitrogens with one attached hydrogen (secondary N) is 1. The van der Waals surface area contributed by atoms with Crippen molar-refractivity contribution in [3.63, 3.8) is 0 Å². The summed E-state index contributed by atoms with van der Waals surface area (Å²) in [6.07, 6.45) is -3.10. The zero-order chi connectivity index (χ0) is 20.9. The van der Waals surface area contributed by atoms with Gasteiger partial charge < -0.3 is 19.7 Å². The third-order valence-electron chi connectivity index (χ3n) is 5.59. The number of benzene rings is 1. The van der Waals surface area contributed by atoms with Gasteiger partial charge in [0.25, 0.3) is 0 Å². The van der Waals surface area contributed by atoms with Crippen LogP contribution in [-0.2, 0) is 14.1 Å². The molecule has 2 heterocycles. The summed E-state index contributed by atoms with van der Waals surface area (Å²) in [6.45, 7) is 6.97. The van der Waals surface area contributed by atoms with Crippen LogP contribution in [-0.4, -0.2) is 59.1 Å². The monoisotopic (exact) mass is 396 g/mol. The molecule has 2 amide bonds. The quantitative estimate of drug-likeness (QED) is 0.765. The first-order valence-electron chi connectivity index (χ1n) is 9.01. The van der Waals surface area contributed by atoms with Crippen LogP contribution in [0.4, 0.5) is 19.3 Å². The van der Waals surface area contributed by atoms with Crippen molar-refractivity contribution in [1.82, 2.24) is 4.90 Å². The third kappa shape index (κ3) is 3.58. The predicted octanol–water partition coefficient (Wildman–Crippen LogP) is 2.15. The highest BCUT2D eigenvalue weighted by molar-refractivity contribution is 6.62. The number of amides is 2. The van der Waals surface area contributed by atoms with Gasteiger partial charge in [-0.3, -0.25) is 9.69 Å². The van der Waals surface area contributed by atoms with Crippen molar-refractivity contribution in [2.75, 3.05) is 11.9 Å². The highest BCUT2D eigenvalue weighted by atomic mass is 19.1. The Morgan fingerprint density at radius 3 is 2.43 bits per heavy atom. The summed E-state index contributed by atoms with van der Waals surface area (Å²) in [7, 11) is -0.959. The number of alkyl halides is 1. The molecule has 0 aliphatic carbocycles. The Morgan fingerprint density at radius 1 is 1.25 bits per heavy atom. The maximum absolute atomic E-state index is 15.0. The first-order chi connectivity index (χ1) is 12.9. The maximum Gasteiger partial charge on any atom is 0.497 e. The van der Waals surface area contributed by atoms with Gasteiger partial charge in [0.15, 0.2) is 0 Å². The van der Waals surface area contributed by atoms with E-state index in [0.717, 1.165) is 4.90 Å². The van der Waals surface area contributed by atoms with Crippen molar-refractivity contribution >= 4 is 30.3 Å². The molecule has 1 aromatic rings. The van der Waals surface area contributed by atoms with Crippen molar-refractivity contribution in [2.24, 2.45) is 0 Å². The van der Waals surface area contributed by atoms with E-state index >= 15 is 4.39 Å². The Hall–Kier alpha value is -2.20. The van der Waals surface area contributed by atoms with Gasteiger partial charge in [-0.05, 0) is 33.8 Å². The molecule has 1 aromatic carbocycles. The first kappa shape index (κ1) is 20.5. The Labute approximate surface area is 162 Å². The minimum absolute atomic E-state index is 0.112. The van der Waals surface area contributed by atoms with Crippen molar-refractivity contribution in [1.29, 1.82) is 0 Å². The van der Waals surface area contributed by atoms with Gasteiger partial charge in [0, 0.05) is 11.9 Å². The van der Waals surface area contributed by atoms with Crippen molar-refractivity contribution in [3.8, 4) is 0 Å². The second kappa shape index (κ2) is 7.00. The number of likely N-dealkylation sites (tertiary alicyclic amines) is 1. The van der Waals surface area contributed by atoms with E-state index in [0.29, 0.717) is 0 Å². The summed E-state index contributed by atoms with van der Waals surface area (Å²) in [5, 5.41) is 11.5. The van der Waals surface area contributed by atoms with Crippen molar-refractivity contribution < 1.29 is 32.8 Å². The number of carbonyl (C=O) groups excluding carboxylic acids is 1. The largest absolute Gasteiger partial charge is 0.497 e. The summed E-state index contributed by atoms with van der Waals surface area (Å²) in [5.74, 6) is -1.53. The van der Waals surface area contributed by atoms with E-state index in [1.807, 2.05) is 27.7 Å². The van der Waals surface area contributed by atoms with Gasteiger partial charge in [0.05, 0.1) is 23.4 Å². The summed E-state index contributed by atoms with van der Waals surface area (Å²) in [5.41, 5.74) is -1.36. The molecular weight excluding hydrogens is 373 g/mol. The van der Waals surface area contributed by atoms with Gasteiger partial charge in [-0.2, -0.15) is 0 Å². The highest BCUT2D eigenvalue weighted by Crippen LogP contribution is 2.37. The van der Waals surface area contributed by atoms with E-state index in [-0.39, 0.29) is 24.1 Å². The van der Waals surface area contributed by atoms with Crippen LogP contribution in [0.3, 0.4) is 0 Å². The van der Waals surface area contributed by atoms with E-state index in [1.54, 1.807) is 0 Å². The first-order valence-corrected chi connectivity index (χ1v) is 9.01. The van der Waals surface area contributed by atoms with E-state index in [4.69, 9.17) is 14.4 Å². The Balaban J connectivity index is 1.81. The Bertz CT molecular complexity index is 788. The zero-order valence-electron chi connectivity index (χ0n) is 16.2. The molecule has 7 nitrogen and oxygen atoms in total. The Morgan fingerprint density at radius 2 is 1.86 bits per heavy atom. The minimum Gasteiger partial charge on any atom is -0.465 e. The average Bonchev–Trinajstić information content (AvgIpc) is 3.06. The van der Waals surface area contributed by atoms with Crippen molar-refractivity contribution in [3.05, 3.63) is 24.0 Å². The number of rotatable bonds is 3. The normalized spacial score (nSPS) is 25.8. The molecule has 2 aliphatic rings. The zero-order valence-corrected chi connectivity index (χ0v) is 16.2. The lowest BCUT2D eigenvalue weighted by Crippen LogP contribution is -2.43. The van der Waals surface area contributed by atoms with Crippen LogP contribution in [0.2, 0.25) is 0 Å². The molecule has 2 atom stereocenters. The molecule has 152 valence electrons. The average molecular weight is 396 g/mol. The lowest BCUT2D eigenvalue weighted by molar-refractivity contribution is -0.120. The molecular formula is C18H23BF2N2O5. The molecule has 10 heteroatoms. The molecule has 2 fully saturated rings. The summed E-state index contributed by atoms with van der Waals surface area (Å²) < 4.78 is 40.3. The summed E-state index contributed by atoms with van der Waals surface area (Å²) >= 11 is 0. The molecule has 28 heavy (non-hydrogen) atoms. The number of hydrogen-bond acceptors (Lipinski definition) is 4. The van der Waals surface area contributed by atoms with Crippen molar-refractivity contribution in [2.45, 2.75) is 57.5 Å². The van der Waals surface area contributed by atoms with Crippen LogP contribution in [0.15, 0.2) is 18.2 Å². The molecule has 2 N–H and O–H groups in total. The number of nitrogens with zero attached hydrogens (tertiary/aromatic N) is 1. The van der Waals surface area contributed by atoms with E-state index in [1.165, 1.54) is 18.2 Å². The number of carbonyl (C=O) groups is 2. The summed E-state index contributed by atoms with van der Waals surface area (Å²) in [4.78, 5) is 24.4. The minimum atomic E-state index is -1.44. The number of hydrogen-bond donors (Lipinski definition) is 2. The smallest absolute Gasteiger partial charge is 0.465 e. The topological polar surface area (TPSA) is 88.1 Å². The van der Waals surface area contributed by atoms with E-state index in [9.17, 15) is 14.0 Å². The molecule has 0 aromatic heterocycles. The van der Waals surface area contributed by atoms with Gasteiger partial charge >= 0.3 is 13.2 Å². The van der Waals surface area contributed by atoms with Crippen LogP contribution >= 0.6 is 0 Å². The van der Waals surface area contributed by atoms with Crippen LogP contribution in [0, 0.1) is 5.82 Å². The number of halogens is 2. The standard InChI is InChI=1S/C18H23BF2N2O5/c1-17(2)18(3,4)28-19(27-17)11-6-5-7-12(14(11)21)22-15(24)13-8-10(20)9-23(13)16(25)26/h5-7,10,13H,8-9H2,1-4H3,(H,22,24)(H,25,26)/t10-,13+/m1/s1. The lowest BCUT2D eigenvalue weighted by Gasteiger charge is -2.32. The SMILES string of the molecule is CC1(C)OB(c2cccc(NC(=O)[C@@H]3C[C@@H](F)CN3C(=O)O)c2F)OC1(C)C. The highest BCUT2D eigenvalue weighted by Gasteiger charge is 2.52. The second-order valence-corrected chi connectivity index (χ2v) is 8.07. The Kier molecular flexibility index (Phi) is 5.14.